The van der Waals surface area contributed by atoms with Crippen LogP contribution in [0.15, 0.2) is 48.5 Å². The molecule has 0 atom stereocenters. The number of fused-ring (bicyclic) bond motifs is 1. The van der Waals surface area contributed by atoms with E-state index in [-0.39, 0.29) is 23.7 Å². The summed E-state index contributed by atoms with van der Waals surface area (Å²) in [6.07, 6.45) is 3.37. The van der Waals surface area contributed by atoms with Crippen LogP contribution in [0.2, 0.25) is 0 Å². The summed E-state index contributed by atoms with van der Waals surface area (Å²) in [5.74, 6) is -1.49. The highest BCUT2D eigenvalue weighted by Gasteiger charge is 2.21. The van der Waals surface area contributed by atoms with Crippen LogP contribution < -0.4 is 10.5 Å². The van der Waals surface area contributed by atoms with Crippen molar-refractivity contribution in [3.05, 3.63) is 82.2 Å². The van der Waals surface area contributed by atoms with E-state index in [1.807, 2.05) is 19.9 Å². The molecule has 0 fully saturated rings. The van der Waals surface area contributed by atoms with Crippen LogP contribution >= 0.6 is 0 Å². The molecule has 1 aromatic heterocycles. The van der Waals surface area contributed by atoms with E-state index < -0.39 is 18.5 Å². The standard InChI is InChI=1S/C26H26N2O5/c1-16-12-22(17(2)28(16)20-11-10-18-6-5-7-19(18)13-20)23(29)14-33-26(31)21-8-3-4-9-24(21)32-15-25(27)30/h3-4,8-13H,5-7,14-15H2,1-2H3,(H2,27,30). The second kappa shape index (κ2) is 9.32. The van der Waals surface area contributed by atoms with Crippen LogP contribution in [0.5, 0.6) is 5.75 Å². The fourth-order valence-corrected chi connectivity index (χ4v) is 4.34. The van der Waals surface area contributed by atoms with E-state index in [0.29, 0.717) is 5.56 Å². The predicted molar refractivity (Wildman–Crippen MR) is 123 cm³/mol. The van der Waals surface area contributed by atoms with Crippen molar-refractivity contribution in [3.63, 3.8) is 0 Å². The third-order valence-electron chi connectivity index (χ3n) is 5.88. The summed E-state index contributed by atoms with van der Waals surface area (Å²) < 4.78 is 12.6. The van der Waals surface area contributed by atoms with E-state index in [4.69, 9.17) is 15.2 Å². The Morgan fingerprint density at radius 3 is 2.48 bits per heavy atom. The average Bonchev–Trinajstić information content (AvgIpc) is 3.39. The molecule has 0 spiro atoms. The Morgan fingerprint density at radius 1 is 0.939 bits per heavy atom. The minimum Gasteiger partial charge on any atom is -0.483 e. The number of carbonyl (C=O) groups excluding carboxylic acids is 3. The molecule has 1 aliphatic carbocycles. The van der Waals surface area contributed by atoms with E-state index in [9.17, 15) is 14.4 Å². The van der Waals surface area contributed by atoms with Crippen molar-refractivity contribution in [1.29, 1.82) is 0 Å². The predicted octanol–water partition coefficient (Wildman–Crippen LogP) is 3.49. The van der Waals surface area contributed by atoms with Gasteiger partial charge in [0.2, 0.25) is 5.78 Å². The van der Waals surface area contributed by atoms with Gasteiger partial charge in [0, 0.05) is 22.6 Å². The number of amides is 1. The van der Waals surface area contributed by atoms with Gasteiger partial charge in [0.25, 0.3) is 5.91 Å². The number of nitrogens with two attached hydrogens (primary N) is 1. The molecule has 0 aliphatic heterocycles. The van der Waals surface area contributed by atoms with Crippen molar-refractivity contribution in [3.8, 4) is 11.4 Å². The molecule has 7 nitrogen and oxygen atoms in total. The highest BCUT2D eigenvalue weighted by Crippen LogP contribution is 2.28. The van der Waals surface area contributed by atoms with Gasteiger partial charge in [0.05, 0.1) is 0 Å². The molecule has 0 bridgehead atoms. The van der Waals surface area contributed by atoms with Crippen molar-refractivity contribution < 1.29 is 23.9 Å². The molecular weight excluding hydrogens is 420 g/mol. The van der Waals surface area contributed by atoms with Gasteiger partial charge in [-0.25, -0.2) is 4.79 Å². The van der Waals surface area contributed by atoms with Gasteiger partial charge in [-0.2, -0.15) is 0 Å². The van der Waals surface area contributed by atoms with Crippen molar-refractivity contribution >= 4 is 17.7 Å². The number of ether oxygens (including phenoxy) is 2. The maximum Gasteiger partial charge on any atom is 0.342 e. The van der Waals surface area contributed by atoms with Gasteiger partial charge in [-0.05, 0) is 74.6 Å². The van der Waals surface area contributed by atoms with Crippen molar-refractivity contribution in [2.75, 3.05) is 13.2 Å². The fraction of sp³-hybridized carbons (Fsp3) is 0.269. The number of Topliss-reactive ketones (excluding diaryl/α,β-unsaturated/α-hetero) is 1. The molecular formula is C26H26N2O5. The lowest BCUT2D eigenvalue weighted by Gasteiger charge is -2.12. The lowest BCUT2D eigenvalue weighted by molar-refractivity contribution is -0.119. The first-order valence-corrected chi connectivity index (χ1v) is 10.9. The molecule has 1 heterocycles. The first kappa shape index (κ1) is 22.3. The molecule has 1 amide bonds. The first-order valence-electron chi connectivity index (χ1n) is 10.9. The van der Waals surface area contributed by atoms with Crippen LogP contribution in [0.25, 0.3) is 5.69 Å². The van der Waals surface area contributed by atoms with Crippen LogP contribution in [-0.4, -0.2) is 35.4 Å². The molecule has 0 saturated heterocycles. The third-order valence-corrected chi connectivity index (χ3v) is 5.88. The number of rotatable bonds is 8. The summed E-state index contributed by atoms with van der Waals surface area (Å²) in [5.41, 5.74) is 11.3. The topological polar surface area (TPSA) is 101 Å². The molecule has 33 heavy (non-hydrogen) atoms. The zero-order valence-electron chi connectivity index (χ0n) is 18.7. The highest BCUT2D eigenvalue weighted by atomic mass is 16.5. The Bertz CT molecular complexity index is 1240. The monoisotopic (exact) mass is 446 g/mol. The average molecular weight is 447 g/mol. The van der Waals surface area contributed by atoms with E-state index in [2.05, 4.69) is 22.8 Å². The van der Waals surface area contributed by atoms with Crippen molar-refractivity contribution in [2.45, 2.75) is 33.1 Å². The van der Waals surface area contributed by atoms with E-state index >= 15 is 0 Å². The molecule has 2 N–H and O–H groups in total. The van der Waals surface area contributed by atoms with E-state index in [1.165, 1.54) is 29.7 Å². The molecule has 0 unspecified atom stereocenters. The molecule has 170 valence electrons. The second-order valence-corrected chi connectivity index (χ2v) is 8.18. The van der Waals surface area contributed by atoms with Crippen LogP contribution in [0.1, 0.15) is 49.7 Å². The lowest BCUT2D eigenvalue weighted by Crippen LogP contribution is -2.21. The van der Waals surface area contributed by atoms with Crippen molar-refractivity contribution in [2.24, 2.45) is 5.73 Å². The number of hydrogen-bond acceptors (Lipinski definition) is 5. The zero-order valence-corrected chi connectivity index (χ0v) is 18.7. The molecule has 0 radical (unpaired) electrons. The van der Waals surface area contributed by atoms with Gasteiger partial charge < -0.3 is 19.8 Å². The first-order chi connectivity index (χ1) is 15.8. The van der Waals surface area contributed by atoms with Gasteiger partial charge in [-0.1, -0.05) is 18.2 Å². The minimum absolute atomic E-state index is 0.121. The quantitative estimate of drug-likeness (QED) is 0.422. The Balaban J connectivity index is 1.48. The summed E-state index contributed by atoms with van der Waals surface area (Å²) in [6.45, 7) is 3.08. The summed E-state index contributed by atoms with van der Waals surface area (Å²) >= 11 is 0. The molecule has 4 rings (SSSR count). The summed E-state index contributed by atoms with van der Waals surface area (Å²) in [5, 5.41) is 0. The summed E-state index contributed by atoms with van der Waals surface area (Å²) in [7, 11) is 0. The molecule has 3 aromatic rings. The lowest BCUT2D eigenvalue weighted by atomic mass is 10.1. The van der Waals surface area contributed by atoms with E-state index in [1.54, 1.807) is 12.1 Å². The number of aromatic nitrogens is 1. The van der Waals surface area contributed by atoms with Crippen LogP contribution in [0.4, 0.5) is 0 Å². The molecule has 0 saturated carbocycles. The van der Waals surface area contributed by atoms with E-state index in [0.717, 1.165) is 29.9 Å². The fourth-order valence-electron chi connectivity index (χ4n) is 4.34. The highest BCUT2D eigenvalue weighted by molar-refractivity contribution is 6.01. The Kier molecular flexibility index (Phi) is 6.31. The van der Waals surface area contributed by atoms with Crippen LogP contribution in [0, 0.1) is 13.8 Å². The van der Waals surface area contributed by atoms with Gasteiger partial charge in [0.1, 0.15) is 11.3 Å². The SMILES string of the molecule is Cc1cc(C(=O)COC(=O)c2ccccc2OCC(N)=O)c(C)n1-c1ccc2c(c1)CCC2. The number of esters is 1. The van der Waals surface area contributed by atoms with Gasteiger partial charge in [-0.3, -0.25) is 9.59 Å². The Morgan fingerprint density at radius 2 is 1.70 bits per heavy atom. The minimum atomic E-state index is -0.712. The van der Waals surface area contributed by atoms with Gasteiger partial charge in [0.15, 0.2) is 13.2 Å². The number of nitrogens with zero attached hydrogens (tertiary/aromatic N) is 1. The zero-order chi connectivity index (χ0) is 23.5. The number of aryl methyl sites for hydroxylation is 3. The molecule has 1 aliphatic rings. The smallest absolute Gasteiger partial charge is 0.342 e. The number of para-hydroxylation sites is 1. The number of benzene rings is 2. The Labute approximate surface area is 192 Å². The maximum atomic E-state index is 12.9. The van der Waals surface area contributed by atoms with Crippen LogP contribution in [-0.2, 0) is 22.4 Å². The molecule has 7 heteroatoms. The van der Waals surface area contributed by atoms with Gasteiger partial charge >= 0.3 is 5.97 Å². The number of carbonyl (C=O) groups is 3. The summed E-state index contributed by atoms with van der Waals surface area (Å²) in [6, 6.07) is 14.6. The second-order valence-electron chi connectivity index (χ2n) is 8.18. The number of hydrogen-bond donors (Lipinski definition) is 1. The van der Waals surface area contributed by atoms with Gasteiger partial charge in [-0.15, -0.1) is 0 Å². The normalized spacial score (nSPS) is 12.3. The molecule has 2 aromatic carbocycles. The maximum absolute atomic E-state index is 12.9. The number of primary amides is 1. The largest absolute Gasteiger partial charge is 0.483 e. The van der Waals surface area contributed by atoms with Crippen LogP contribution in [0.3, 0.4) is 0 Å². The third kappa shape index (κ3) is 4.67. The van der Waals surface area contributed by atoms with Crippen molar-refractivity contribution in [1.82, 2.24) is 4.57 Å². The summed E-state index contributed by atoms with van der Waals surface area (Å²) in [4.78, 5) is 36.4. The number of ketones is 1. The Hall–Kier alpha value is -3.87.